The van der Waals surface area contributed by atoms with Crippen LogP contribution in [0.15, 0.2) is 91.7 Å². The lowest BCUT2D eigenvalue weighted by atomic mass is 9.80. The molecule has 5 aromatic rings. The van der Waals surface area contributed by atoms with E-state index in [2.05, 4.69) is 88.4 Å². The highest BCUT2D eigenvalue weighted by atomic mass is 35.5. The minimum absolute atomic E-state index is 0.377. The van der Waals surface area contributed by atoms with Gasteiger partial charge in [-0.05, 0) is 66.8 Å². The molecule has 0 aliphatic carbocycles. The van der Waals surface area contributed by atoms with Crippen LogP contribution in [0.25, 0.3) is 33.2 Å². The molecule has 0 atom stereocenters. The number of benzene rings is 2. The number of nitrogens with one attached hydrogen (secondary N) is 3. The molecule has 4 heterocycles. The molecule has 42 heavy (non-hydrogen) atoms. The van der Waals surface area contributed by atoms with Crippen LogP contribution in [0.1, 0.15) is 44.4 Å². The number of H-pyrrole nitrogens is 1. The average Bonchev–Trinajstić information content (AvgIpc) is 3.47. The third kappa shape index (κ3) is 5.47. The van der Waals surface area contributed by atoms with E-state index in [-0.39, 0.29) is 5.41 Å². The van der Waals surface area contributed by atoms with Gasteiger partial charge in [-0.15, -0.1) is 0 Å². The topological polar surface area (TPSA) is 68.9 Å². The first-order chi connectivity index (χ1) is 20.3. The zero-order chi connectivity index (χ0) is 29.3. The average molecular weight is 577 g/mol. The number of hydrogen-bond donors (Lipinski definition) is 3. The normalized spacial score (nSPS) is 13.8. The second-order valence-electron chi connectivity index (χ2n) is 11.5. The van der Waals surface area contributed by atoms with E-state index in [0.717, 1.165) is 79.9 Å². The highest BCUT2D eigenvalue weighted by Gasteiger charge is 2.29. The van der Waals surface area contributed by atoms with Crippen molar-refractivity contribution >= 4 is 34.0 Å². The van der Waals surface area contributed by atoms with Crippen molar-refractivity contribution in [2.75, 3.05) is 30.8 Å². The molecule has 6 rings (SSSR count). The Hall–Kier alpha value is -4.29. The molecule has 1 fully saturated rings. The molecule has 0 spiro atoms. The van der Waals surface area contributed by atoms with Crippen LogP contribution in [0.4, 0.5) is 11.5 Å². The minimum atomic E-state index is -0.377. The molecular weight excluding hydrogens is 540 g/mol. The van der Waals surface area contributed by atoms with Crippen molar-refractivity contribution in [3.8, 4) is 22.3 Å². The fourth-order valence-corrected chi connectivity index (χ4v) is 6.11. The predicted octanol–water partition coefficient (Wildman–Crippen LogP) is 8.68. The highest BCUT2D eigenvalue weighted by molar-refractivity contribution is 6.30. The van der Waals surface area contributed by atoms with Gasteiger partial charge in [-0.2, -0.15) is 0 Å². The number of anilines is 2. The van der Waals surface area contributed by atoms with Gasteiger partial charge in [0.1, 0.15) is 5.82 Å². The number of piperidine rings is 1. The number of rotatable bonds is 8. The summed E-state index contributed by atoms with van der Waals surface area (Å²) in [6.45, 7) is 10.8. The smallest absolute Gasteiger partial charge is 0.129 e. The summed E-state index contributed by atoms with van der Waals surface area (Å²) >= 11 is 6.34. The van der Waals surface area contributed by atoms with Crippen LogP contribution in [-0.4, -0.2) is 40.0 Å². The van der Waals surface area contributed by atoms with Crippen LogP contribution in [0.5, 0.6) is 0 Å². The van der Waals surface area contributed by atoms with Crippen LogP contribution in [0.3, 0.4) is 0 Å². The predicted molar refractivity (Wildman–Crippen MR) is 176 cm³/mol. The Morgan fingerprint density at radius 1 is 0.929 bits per heavy atom. The monoisotopic (exact) mass is 576 g/mol. The highest BCUT2D eigenvalue weighted by Crippen LogP contribution is 2.40. The molecule has 2 aromatic carbocycles. The lowest BCUT2D eigenvalue weighted by Crippen LogP contribution is -2.31. The Balaban J connectivity index is 1.35. The van der Waals surface area contributed by atoms with E-state index >= 15 is 0 Å². The van der Waals surface area contributed by atoms with Crippen LogP contribution in [0.2, 0.25) is 5.02 Å². The molecule has 1 saturated heterocycles. The zero-order valence-electron chi connectivity index (χ0n) is 24.5. The van der Waals surface area contributed by atoms with E-state index < -0.39 is 0 Å². The Kier molecular flexibility index (Phi) is 7.65. The van der Waals surface area contributed by atoms with Crippen molar-refractivity contribution in [3.63, 3.8) is 0 Å². The van der Waals surface area contributed by atoms with E-state index in [9.17, 15) is 0 Å². The summed E-state index contributed by atoms with van der Waals surface area (Å²) in [6, 6.07) is 21.0. The fourth-order valence-electron chi connectivity index (χ4n) is 5.92. The van der Waals surface area contributed by atoms with Gasteiger partial charge in [0.15, 0.2) is 0 Å². The van der Waals surface area contributed by atoms with Crippen LogP contribution < -0.4 is 10.6 Å². The van der Waals surface area contributed by atoms with Gasteiger partial charge >= 0.3 is 0 Å². The number of aromatic amines is 1. The Morgan fingerprint density at radius 3 is 2.50 bits per heavy atom. The lowest BCUT2D eigenvalue weighted by molar-refractivity contribution is 0.289. The van der Waals surface area contributed by atoms with E-state index in [1.165, 1.54) is 19.3 Å². The third-order valence-corrected chi connectivity index (χ3v) is 8.60. The summed E-state index contributed by atoms with van der Waals surface area (Å²) in [5.74, 6) is 1.77. The minimum Gasteiger partial charge on any atom is -0.373 e. The molecule has 0 bridgehead atoms. The number of pyridine rings is 2. The van der Waals surface area contributed by atoms with Gasteiger partial charge in [0.25, 0.3) is 0 Å². The maximum atomic E-state index is 6.34. The number of aromatic nitrogens is 3. The molecule has 214 valence electrons. The van der Waals surface area contributed by atoms with E-state index in [1.807, 2.05) is 43.8 Å². The van der Waals surface area contributed by atoms with E-state index in [0.29, 0.717) is 0 Å². The number of halogens is 1. The van der Waals surface area contributed by atoms with Crippen molar-refractivity contribution < 1.29 is 0 Å². The summed E-state index contributed by atoms with van der Waals surface area (Å²) in [5, 5.41) is 8.68. The van der Waals surface area contributed by atoms with Gasteiger partial charge in [0.05, 0.1) is 17.7 Å². The van der Waals surface area contributed by atoms with Gasteiger partial charge in [0, 0.05) is 76.3 Å². The van der Waals surface area contributed by atoms with Crippen molar-refractivity contribution in [2.45, 2.75) is 38.5 Å². The SMILES string of the molecule is C=C(Nc1cncc(-c2cnc(NC)c(C(C)(C)c3cc4c(-c5cccc(Cl)c5)cccc4[nH]3)c2)c1)N1CCCCC1. The summed E-state index contributed by atoms with van der Waals surface area (Å²) in [4.78, 5) is 15.4. The molecular formula is C35H37ClN6. The molecule has 3 N–H and O–H groups in total. The first-order valence-electron chi connectivity index (χ1n) is 14.6. The second-order valence-corrected chi connectivity index (χ2v) is 12.0. The lowest BCUT2D eigenvalue weighted by Gasteiger charge is -2.30. The Morgan fingerprint density at radius 2 is 1.71 bits per heavy atom. The van der Waals surface area contributed by atoms with Gasteiger partial charge < -0.3 is 20.5 Å². The molecule has 0 amide bonds. The molecule has 0 unspecified atom stereocenters. The van der Waals surface area contributed by atoms with Gasteiger partial charge in [0.2, 0.25) is 0 Å². The summed E-state index contributed by atoms with van der Waals surface area (Å²) < 4.78 is 0. The zero-order valence-corrected chi connectivity index (χ0v) is 25.2. The van der Waals surface area contributed by atoms with E-state index in [4.69, 9.17) is 16.6 Å². The summed E-state index contributed by atoms with van der Waals surface area (Å²) in [5.41, 5.74) is 8.08. The second kappa shape index (κ2) is 11.5. The summed E-state index contributed by atoms with van der Waals surface area (Å²) in [6.07, 6.45) is 9.35. The van der Waals surface area contributed by atoms with Crippen molar-refractivity contribution in [3.05, 3.63) is 108 Å². The van der Waals surface area contributed by atoms with E-state index in [1.54, 1.807) is 0 Å². The van der Waals surface area contributed by atoms with Crippen molar-refractivity contribution in [1.29, 1.82) is 0 Å². The number of fused-ring (bicyclic) bond motifs is 1. The third-order valence-electron chi connectivity index (χ3n) is 8.37. The van der Waals surface area contributed by atoms with Gasteiger partial charge in [-0.3, -0.25) is 4.98 Å². The molecule has 1 aliphatic rings. The Bertz CT molecular complexity index is 1750. The maximum Gasteiger partial charge on any atom is 0.129 e. The molecule has 0 radical (unpaired) electrons. The van der Waals surface area contributed by atoms with Gasteiger partial charge in [-0.1, -0.05) is 56.3 Å². The van der Waals surface area contributed by atoms with Gasteiger partial charge in [-0.25, -0.2) is 4.98 Å². The maximum absolute atomic E-state index is 6.34. The first kappa shape index (κ1) is 27.9. The fraction of sp³-hybridized carbons (Fsp3) is 0.257. The van der Waals surface area contributed by atoms with Crippen molar-refractivity contribution in [1.82, 2.24) is 19.9 Å². The molecule has 3 aromatic heterocycles. The molecule has 1 aliphatic heterocycles. The summed E-state index contributed by atoms with van der Waals surface area (Å²) in [7, 11) is 1.92. The molecule has 7 heteroatoms. The number of nitrogens with zero attached hydrogens (tertiary/aromatic N) is 3. The Labute approximate surface area is 252 Å². The van der Waals surface area contributed by atoms with Crippen molar-refractivity contribution in [2.24, 2.45) is 0 Å². The van der Waals surface area contributed by atoms with Crippen LogP contribution in [0, 0.1) is 0 Å². The standard InChI is InChI=1S/C35H37ClN6/c1-23(42-14-6-5-7-15-42)40-28-17-25(20-38-22-28)26-18-31(34(37-4)39-21-26)35(2,3)33-19-30-29(12-9-13-32(30)41-33)24-10-8-11-27(36)16-24/h8-13,16-22,40-41H,1,5-7,14-15H2,2-4H3,(H,37,39). The molecule has 6 nitrogen and oxygen atoms in total. The van der Waals surface area contributed by atoms with Crippen LogP contribution >= 0.6 is 11.6 Å². The first-order valence-corrected chi connectivity index (χ1v) is 14.9. The largest absolute Gasteiger partial charge is 0.373 e. The number of hydrogen-bond acceptors (Lipinski definition) is 5. The van der Waals surface area contributed by atoms with Crippen LogP contribution in [-0.2, 0) is 5.41 Å². The number of likely N-dealkylation sites (tertiary alicyclic amines) is 1. The molecule has 0 saturated carbocycles. The quantitative estimate of drug-likeness (QED) is 0.172.